The van der Waals surface area contributed by atoms with Gasteiger partial charge in [0.1, 0.15) is 5.52 Å². The Morgan fingerprint density at radius 3 is 2.81 bits per heavy atom. The first-order valence-corrected chi connectivity index (χ1v) is 7.26. The van der Waals surface area contributed by atoms with Gasteiger partial charge in [-0.1, -0.05) is 0 Å². The van der Waals surface area contributed by atoms with E-state index in [-0.39, 0.29) is 11.9 Å². The van der Waals surface area contributed by atoms with E-state index in [1.165, 1.54) is 0 Å². The number of piperidine rings is 1. The Balaban J connectivity index is 1.89. The highest BCUT2D eigenvalue weighted by molar-refractivity contribution is 5.96. The van der Waals surface area contributed by atoms with Crippen LogP contribution < -0.4 is 11.5 Å². The van der Waals surface area contributed by atoms with Crippen LogP contribution in [0.2, 0.25) is 0 Å². The number of nitrogens with two attached hydrogens (primary N) is 2. The molecule has 1 saturated heterocycles. The fourth-order valence-electron chi connectivity index (χ4n) is 2.74. The molecule has 21 heavy (non-hydrogen) atoms. The Hall–Kier alpha value is -2.15. The van der Waals surface area contributed by atoms with E-state index >= 15 is 0 Å². The Bertz CT molecular complexity index is 671. The lowest BCUT2D eigenvalue weighted by Gasteiger charge is -2.30. The van der Waals surface area contributed by atoms with Gasteiger partial charge in [-0.2, -0.15) is 0 Å². The van der Waals surface area contributed by atoms with Crippen molar-refractivity contribution in [3.8, 4) is 0 Å². The van der Waals surface area contributed by atoms with E-state index in [4.69, 9.17) is 11.5 Å². The Morgan fingerprint density at radius 1 is 1.43 bits per heavy atom. The number of amides is 1. The van der Waals surface area contributed by atoms with Crippen molar-refractivity contribution >= 4 is 23.0 Å². The number of hydrogen-bond acceptors (Lipinski definition) is 5. The summed E-state index contributed by atoms with van der Waals surface area (Å²) in [7, 11) is 0. The quantitative estimate of drug-likeness (QED) is 0.842. The third-order valence-electron chi connectivity index (χ3n) is 4.00. The predicted molar refractivity (Wildman–Crippen MR) is 80.7 cm³/mol. The van der Waals surface area contributed by atoms with Gasteiger partial charge < -0.3 is 16.4 Å². The molecule has 2 aromatic heterocycles. The number of aromatic nitrogens is 3. The summed E-state index contributed by atoms with van der Waals surface area (Å²) in [6.07, 6.45) is 3.30. The van der Waals surface area contributed by atoms with Gasteiger partial charge in [0, 0.05) is 31.9 Å². The van der Waals surface area contributed by atoms with Crippen LogP contribution in [0.4, 0.5) is 5.95 Å². The molecule has 1 fully saturated rings. The molecular weight excluding hydrogens is 268 g/mol. The molecule has 112 valence electrons. The second-order valence-electron chi connectivity index (χ2n) is 5.41. The number of carbonyl (C=O) groups excluding carboxylic acids is 1. The number of pyridine rings is 1. The maximum absolute atomic E-state index is 12.5. The molecule has 0 atom stereocenters. The highest BCUT2D eigenvalue weighted by atomic mass is 16.2. The van der Waals surface area contributed by atoms with E-state index in [9.17, 15) is 4.79 Å². The fraction of sp³-hybridized carbons (Fsp3) is 0.500. The zero-order valence-corrected chi connectivity index (χ0v) is 12.1. The molecule has 7 nitrogen and oxygen atoms in total. The van der Waals surface area contributed by atoms with Crippen molar-refractivity contribution in [2.45, 2.75) is 32.4 Å². The van der Waals surface area contributed by atoms with Crippen molar-refractivity contribution in [2.24, 2.45) is 5.73 Å². The Kier molecular flexibility index (Phi) is 3.50. The third-order valence-corrected chi connectivity index (χ3v) is 4.00. The number of hydrogen-bond donors (Lipinski definition) is 2. The topological polar surface area (TPSA) is 103 Å². The molecule has 0 aliphatic carbocycles. The van der Waals surface area contributed by atoms with Gasteiger partial charge >= 0.3 is 0 Å². The number of fused-ring (bicyclic) bond motifs is 1. The lowest BCUT2D eigenvalue weighted by Crippen LogP contribution is -2.42. The minimum atomic E-state index is -0.0130. The van der Waals surface area contributed by atoms with Crippen LogP contribution in [-0.2, 0) is 6.54 Å². The van der Waals surface area contributed by atoms with E-state index in [0.717, 1.165) is 12.8 Å². The van der Waals surface area contributed by atoms with Crippen LogP contribution in [0.5, 0.6) is 0 Å². The first-order chi connectivity index (χ1) is 10.1. The van der Waals surface area contributed by atoms with E-state index < -0.39 is 0 Å². The fourth-order valence-corrected chi connectivity index (χ4v) is 2.74. The normalized spacial score (nSPS) is 16.6. The summed E-state index contributed by atoms with van der Waals surface area (Å²) in [5.74, 6) is 0.412. The molecule has 2 aromatic rings. The van der Waals surface area contributed by atoms with E-state index in [0.29, 0.717) is 42.3 Å². The van der Waals surface area contributed by atoms with Gasteiger partial charge in [-0.15, -0.1) is 0 Å². The summed E-state index contributed by atoms with van der Waals surface area (Å²) in [5, 5.41) is 0. The summed E-state index contributed by atoms with van der Waals surface area (Å²) in [6, 6.07) is 1.97. The summed E-state index contributed by atoms with van der Waals surface area (Å²) in [4.78, 5) is 22.9. The van der Waals surface area contributed by atoms with Crippen molar-refractivity contribution in [3.05, 3.63) is 17.8 Å². The maximum Gasteiger partial charge on any atom is 0.255 e. The van der Waals surface area contributed by atoms with Gasteiger partial charge in [0.15, 0.2) is 5.65 Å². The monoisotopic (exact) mass is 288 g/mol. The minimum Gasteiger partial charge on any atom is -0.369 e. The molecule has 7 heteroatoms. The number of aryl methyl sites for hydroxylation is 1. The zero-order valence-electron chi connectivity index (χ0n) is 12.1. The average molecular weight is 288 g/mol. The molecule has 0 saturated carbocycles. The Morgan fingerprint density at radius 2 is 2.14 bits per heavy atom. The van der Waals surface area contributed by atoms with Crippen LogP contribution in [0.25, 0.3) is 11.2 Å². The Labute approximate surface area is 122 Å². The number of imidazole rings is 1. The van der Waals surface area contributed by atoms with Crippen molar-refractivity contribution in [1.82, 2.24) is 19.4 Å². The highest BCUT2D eigenvalue weighted by Gasteiger charge is 2.22. The molecule has 3 rings (SSSR count). The zero-order chi connectivity index (χ0) is 15.0. The number of rotatable bonds is 2. The largest absolute Gasteiger partial charge is 0.369 e. The summed E-state index contributed by atoms with van der Waals surface area (Å²) >= 11 is 0. The number of carbonyl (C=O) groups is 1. The van der Waals surface area contributed by atoms with Gasteiger partial charge in [0.25, 0.3) is 5.91 Å². The minimum absolute atomic E-state index is 0.0130. The van der Waals surface area contributed by atoms with Gasteiger partial charge in [0.05, 0.1) is 5.56 Å². The van der Waals surface area contributed by atoms with Crippen LogP contribution >= 0.6 is 0 Å². The maximum atomic E-state index is 12.5. The lowest BCUT2D eigenvalue weighted by atomic mass is 10.1. The average Bonchev–Trinajstić information content (AvgIpc) is 2.81. The molecule has 0 radical (unpaired) electrons. The molecule has 1 aliphatic heterocycles. The molecule has 0 spiro atoms. The smallest absolute Gasteiger partial charge is 0.255 e. The number of nitrogens with zero attached hydrogens (tertiary/aromatic N) is 4. The van der Waals surface area contributed by atoms with Crippen molar-refractivity contribution < 1.29 is 4.79 Å². The second kappa shape index (κ2) is 5.33. The molecule has 3 heterocycles. The van der Waals surface area contributed by atoms with Crippen molar-refractivity contribution in [2.75, 3.05) is 18.8 Å². The number of nitrogen functional groups attached to an aromatic ring is 1. The number of anilines is 1. The molecule has 0 unspecified atom stereocenters. The second-order valence-corrected chi connectivity index (χ2v) is 5.41. The molecule has 0 bridgehead atoms. The summed E-state index contributed by atoms with van der Waals surface area (Å²) in [5.41, 5.74) is 13.6. The molecular formula is C14H20N6O. The lowest BCUT2D eigenvalue weighted by molar-refractivity contribution is 0.0714. The van der Waals surface area contributed by atoms with E-state index in [2.05, 4.69) is 9.97 Å². The standard InChI is InChI=1S/C14H20N6O/c1-2-20-12-11(18-14(20)16)7-9(8-17-12)13(21)19-5-3-10(15)4-6-19/h7-8,10H,2-6,15H2,1H3,(H2,16,18). The molecule has 0 aromatic carbocycles. The molecule has 1 aliphatic rings. The van der Waals surface area contributed by atoms with Gasteiger partial charge in [-0.3, -0.25) is 9.36 Å². The van der Waals surface area contributed by atoms with Gasteiger partial charge in [-0.05, 0) is 25.8 Å². The molecule has 1 amide bonds. The van der Waals surface area contributed by atoms with Crippen LogP contribution in [0, 0.1) is 0 Å². The van der Waals surface area contributed by atoms with E-state index in [1.54, 1.807) is 12.3 Å². The number of likely N-dealkylation sites (tertiary alicyclic amines) is 1. The summed E-state index contributed by atoms with van der Waals surface area (Å²) < 4.78 is 1.82. The van der Waals surface area contributed by atoms with Crippen molar-refractivity contribution in [1.29, 1.82) is 0 Å². The first-order valence-electron chi connectivity index (χ1n) is 7.26. The molecule has 4 N–H and O–H groups in total. The SMILES string of the molecule is CCn1c(N)nc2cc(C(=O)N3CCC(N)CC3)cnc21. The van der Waals surface area contributed by atoms with Gasteiger partial charge in [0.2, 0.25) is 5.95 Å². The predicted octanol–water partition coefficient (Wildman–Crippen LogP) is 0.597. The van der Waals surface area contributed by atoms with Crippen molar-refractivity contribution in [3.63, 3.8) is 0 Å². The third kappa shape index (κ3) is 2.44. The van der Waals surface area contributed by atoms with Crippen LogP contribution in [0.1, 0.15) is 30.1 Å². The van der Waals surface area contributed by atoms with Gasteiger partial charge in [-0.25, -0.2) is 9.97 Å². The highest BCUT2D eigenvalue weighted by Crippen LogP contribution is 2.19. The summed E-state index contributed by atoms with van der Waals surface area (Å²) in [6.45, 7) is 4.08. The van der Waals surface area contributed by atoms with Crippen LogP contribution in [-0.4, -0.2) is 44.5 Å². The van der Waals surface area contributed by atoms with Crippen LogP contribution in [0.3, 0.4) is 0 Å². The van der Waals surface area contributed by atoms with Crippen LogP contribution in [0.15, 0.2) is 12.3 Å². The van der Waals surface area contributed by atoms with E-state index in [1.807, 2.05) is 16.4 Å². The first kappa shape index (κ1) is 13.8.